The van der Waals surface area contributed by atoms with Crippen molar-refractivity contribution in [1.29, 1.82) is 0 Å². The van der Waals surface area contributed by atoms with E-state index >= 15 is 0 Å². The Bertz CT molecular complexity index is 710. The normalized spacial score (nSPS) is 17.9. The van der Waals surface area contributed by atoms with E-state index in [-0.39, 0.29) is 37.7 Å². The van der Waals surface area contributed by atoms with Crippen LogP contribution in [-0.2, 0) is 9.53 Å². The highest BCUT2D eigenvalue weighted by Gasteiger charge is 2.84. The van der Waals surface area contributed by atoms with Gasteiger partial charge >= 0.3 is 42.0 Å². The molecule has 0 aromatic heterocycles. The van der Waals surface area contributed by atoms with Crippen molar-refractivity contribution in [2.45, 2.75) is 48.4 Å². The molecule has 1 aliphatic heterocycles. The van der Waals surface area contributed by atoms with Crippen LogP contribution < -0.4 is 0 Å². The van der Waals surface area contributed by atoms with E-state index in [1.54, 1.807) is 0 Å². The number of morpholine rings is 1. The summed E-state index contributed by atoms with van der Waals surface area (Å²) in [5.74, 6) is -45.2. The first-order chi connectivity index (χ1) is 15.1. The van der Waals surface area contributed by atoms with Gasteiger partial charge in [0.05, 0.1) is 19.6 Å². The molecule has 0 bridgehead atoms. The summed E-state index contributed by atoms with van der Waals surface area (Å²) in [6.07, 6.45) is -9.74. The van der Waals surface area contributed by atoms with Crippen LogP contribution in [0.5, 0.6) is 0 Å². The van der Waals surface area contributed by atoms with E-state index in [4.69, 9.17) is 4.74 Å². The third kappa shape index (κ3) is 5.46. The summed E-state index contributed by atoms with van der Waals surface area (Å²) in [6, 6.07) is 0. The lowest BCUT2D eigenvalue weighted by Gasteiger charge is -2.39. The van der Waals surface area contributed by atoms with Crippen LogP contribution in [0.25, 0.3) is 0 Å². The number of nitrogens with zero attached hydrogens (tertiary/aromatic N) is 2. The number of likely N-dealkylation sites (N-methyl/N-ethyl adjacent to an activating group) is 1. The first-order valence-electron chi connectivity index (χ1n) is 9.17. The van der Waals surface area contributed by atoms with Crippen LogP contribution in [-0.4, -0.2) is 104 Å². The molecule has 0 aliphatic carbocycles. The molecular weight excluding hydrogens is 518 g/mol. The lowest BCUT2D eigenvalue weighted by Crippen LogP contribution is -2.67. The standard InChI is InChI=1S/C16H18F14N2O2/c1-31(2-3-32-4-6-34-7-5-32)10(33)14(25,26)16(29,30)15(27,28)12(21,22)8-11(19,20)13(23,24)9(17)18/h9H,2-8H2,1H3. The maximum atomic E-state index is 14.0. The summed E-state index contributed by atoms with van der Waals surface area (Å²) in [6.45, 7) is -0.239. The van der Waals surface area contributed by atoms with Crippen molar-refractivity contribution in [3.05, 3.63) is 0 Å². The Hall–Kier alpha value is -1.59. The third-order valence-corrected chi connectivity index (χ3v) is 4.92. The van der Waals surface area contributed by atoms with E-state index in [2.05, 4.69) is 0 Å². The van der Waals surface area contributed by atoms with Gasteiger partial charge in [-0.3, -0.25) is 9.69 Å². The molecule has 1 heterocycles. The van der Waals surface area contributed by atoms with Gasteiger partial charge < -0.3 is 9.64 Å². The number of ether oxygens (including phenoxy) is 1. The Morgan fingerprint density at radius 2 is 1.32 bits per heavy atom. The zero-order valence-corrected chi connectivity index (χ0v) is 17.0. The van der Waals surface area contributed by atoms with Crippen molar-refractivity contribution in [2.75, 3.05) is 46.4 Å². The highest BCUT2D eigenvalue weighted by atomic mass is 19.4. The molecule has 4 nitrogen and oxygen atoms in total. The molecule has 0 N–H and O–H groups in total. The molecule has 0 atom stereocenters. The summed E-state index contributed by atoms with van der Waals surface area (Å²) in [5.41, 5.74) is 0. The van der Waals surface area contributed by atoms with E-state index < -0.39 is 60.8 Å². The minimum absolute atomic E-state index is 0.183. The van der Waals surface area contributed by atoms with Crippen LogP contribution in [0.1, 0.15) is 6.42 Å². The number of carbonyl (C=O) groups excluding carboxylic acids is 1. The van der Waals surface area contributed by atoms with Crippen LogP contribution in [0.15, 0.2) is 0 Å². The second-order valence-electron chi connectivity index (χ2n) is 7.41. The van der Waals surface area contributed by atoms with Crippen LogP contribution in [0, 0.1) is 0 Å². The van der Waals surface area contributed by atoms with Gasteiger partial charge in [0, 0.05) is 33.2 Å². The van der Waals surface area contributed by atoms with Crippen molar-refractivity contribution >= 4 is 5.91 Å². The van der Waals surface area contributed by atoms with Gasteiger partial charge in [-0.2, -0.15) is 52.7 Å². The quantitative estimate of drug-likeness (QED) is 0.371. The fourth-order valence-corrected chi connectivity index (χ4v) is 2.69. The average molecular weight is 536 g/mol. The van der Waals surface area contributed by atoms with E-state index in [1.165, 1.54) is 4.90 Å². The zero-order chi connectivity index (χ0) is 27.0. The Labute approximate surface area is 182 Å². The number of rotatable bonds is 11. The average Bonchev–Trinajstić information content (AvgIpc) is 2.70. The Morgan fingerprint density at radius 3 is 1.76 bits per heavy atom. The lowest BCUT2D eigenvalue weighted by molar-refractivity contribution is -0.375. The van der Waals surface area contributed by atoms with Crippen molar-refractivity contribution in [3.8, 4) is 0 Å². The maximum Gasteiger partial charge on any atom is 0.392 e. The highest BCUT2D eigenvalue weighted by Crippen LogP contribution is 2.57. The van der Waals surface area contributed by atoms with Gasteiger partial charge in [0.25, 0.3) is 5.91 Å². The summed E-state index contributed by atoms with van der Waals surface area (Å²) in [5, 5.41) is 0. The largest absolute Gasteiger partial charge is 0.392 e. The molecule has 1 aliphatic rings. The molecule has 0 radical (unpaired) electrons. The highest BCUT2D eigenvalue weighted by molar-refractivity contribution is 5.84. The Morgan fingerprint density at radius 1 is 0.853 bits per heavy atom. The molecule has 0 unspecified atom stereocenters. The number of hydrogen-bond acceptors (Lipinski definition) is 3. The topological polar surface area (TPSA) is 32.8 Å². The summed E-state index contributed by atoms with van der Waals surface area (Å²) < 4.78 is 191. The van der Waals surface area contributed by atoms with Crippen LogP contribution >= 0.6 is 0 Å². The molecule has 34 heavy (non-hydrogen) atoms. The van der Waals surface area contributed by atoms with Crippen LogP contribution in [0.2, 0.25) is 0 Å². The summed E-state index contributed by atoms with van der Waals surface area (Å²) >= 11 is 0. The van der Waals surface area contributed by atoms with E-state index in [0.717, 1.165) is 0 Å². The van der Waals surface area contributed by atoms with Gasteiger partial charge in [0.15, 0.2) is 0 Å². The molecule has 202 valence electrons. The molecule has 1 rings (SSSR count). The van der Waals surface area contributed by atoms with Gasteiger partial charge in [-0.05, 0) is 0 Å². The molecule has 0 aromatic rings. The molecule has 0 aromatic carbocycles. The number of amides is 1. The van der Waals surface area contributed by atoms with Gasteiger partial charge in [0.2, 0.25) is 0 Å². The fourth-order valence-electron chi connectivity index (χ4n) is 2.69. The molecule has 18 heteroatoms. The van der Waals surface area contributed by atoms with Crippen molar-refractivity contribution in [1.82, 2.24) is 9.80 Å². The zero-order valence-electron chi connectivity index (χ0n) is 17.0. The predicted octanol–water partition coefficient (Wildman–Crippen LogP) is 4.24. The SMILES string of the molecule is CN(CCN1CCOCC1)C(=O)C(F)(F)C(F)(F)C(F)(F)C(F)(F)CC(F)(F)C(F)(F)C(F)F. The van der Waals surface area contributed by atoms with Gasteiger partial charge in [0.1, 0.15) is 0 Å². The Balaban J connectivity index is 3.12. The van der Waals surface area contributed by atoms with Crippen molar-refractivity contribution in [2.24, 2.45) is 0 Å². The van der Waals surface area contributed by atoms with Crippen LogP contribution in [0.3, 0.4) is 0 Å². The number of halogens is 14. The smallest absolute Gasteiger partial charge is 0.379 e. The molecule has 0 saturated carbocycles. The maximum absolute atomic E-state index is 14.0. The third-order valence-electron chi connectivity index (χ3n) is 4.92. The lowest BCUT2D eigenvalue weighted by atomic mass is 9.92. The van der Waals surface area contributed by atoms with E-state index in [0.29, 0.717) is 7.05 Å². The molecule has 0 spiro atoms. The number of alkyl halides is 14. The van der Waals surface area contributed by atoms with E-state index in [1.807, 2.05) is 0 Å². The van der Waals surface area contributed by atoms with Gasteiger partial charge in [-0.15, -0.1) is 0 Å². The first-order valence-corrected chi connectivity index (χ1v) is 9.17. The van der Waals surface area contributed by atoms with Crippen molar-refractivity contribution < 1.29 is 71.0 Å². The summed E-state index contributed by atoms with van der Waals surface area (Å²) in [4.78, 5) is 13.0. The summed E-state index contributed by atoms with van der Waals surface area (Å²) in [7, 11) is 0.431. The fraction of sp³-hybridized carbons (Fsp3) is 0.938. The monoisotopic (exact) mass is 536 g/mol. The second-order valence-corrected chi connectivity index (χ2v) is 7.41. The minimum Gasteiger partial charge on any atom is -0.379 e. The molecular formula is C16H18F14N2O2. The second kappa shape index (κ2) is 9.81. The van der Waals surface area contributed by atoms with E-state index in [9.17, 15) is 66.3 Å². The van der Waals surface area contributed by atoms with Gasteiger partial charge in [-0.1, -0.05) is 0 Å². The predicted molar refractivity (Wildman–Crippen MR) is 85.2 cm³/mol. The minimum atomic E-state index is -7.55. The Kier molecular flexibility index (Phi) is 8.78. The van der Waals surface area contributed by atoms with Gasteiger partial charge in [-0.25, -0.2) is 8.78 Å². The molecule has 1 amide bonds. The number of hydrogen-bond donors (Lipinski definition) is 0. The molecule has 1 fully saturated rings. The van der Waals surface area contributed by atoms with Crippen LogP contribution in [0.4, 0.5) is 61.5 Å². The van der Waals surface area contributed by atoms with Crippen molar-refractivity contribution in [3.63, 3.8) is 0 Å². The first kappa shape index (κ1) is 30.4. The molecule has 1 saturated heterocycles. The number of carbonyl (C=O) groups is 1.